The van der Waals surface area contributed by atoms with Gasteiger partial charge in [0.25, 0.3) is 0 Å². The normalized spacial score (nSPS) is 24.1. The smallest absolute Gasteiger partial charge is 0.131 e. The van der Waals surface area contributed by atoms with E-state index in [0.717, 1.165) is 18.7 Å². The van der Waals surface area contributed by atoms with Gasteiger partial charge < -0.3 is 10.1 Å². The molecule has 1 N–H and O–H groups in total. The summed E-state index contributed by atoms with van der Waals surface area (Å²) in [5.41, 5.74) is 0.898. The Labute approximate surface area is 127 Å². The Morgan fingerprint density at radius 2 is 2.10 bits per heavy atom. The zero-order valence-corrected chi connectivity index (χ0v) is 13.7. The first kappa shape index (κ1) is 16.2. The third-order valence-electron chi connectivity index (χ3n) is 4.24. The van der Waals surface area contributed by atoms with E-state index in [4.69, 9.17) is 4.74 Å². The summed E-state index contributed by atoms with van der Waals surface area (Å²) in [6, 6.07) is 5.96. The predicted octanol–water partition coefficient (Wildman–Crippen LogP) is 3.04. The average Bonchev–Trinajstić information content (AvgIpc) is 2.39. The van der Waals surface area contributed by atoms with E-state index in [2.05, 4.69) is 37.9 Å². The number of rotatable bonds is 3. The number of nitrogens with zero attached hydrogens (tertiary/aromatic N) is 1. The van der Waals surface area contributed by atoms with E-state index in [-0.39, 0.29) is 11.2 Å². The average molecular weight is 294 g/mol. The lowest BCUT2D eigenvalue weighted by atomic mass is 9.83. The van der Waals surface area contributed by atoms with Gasteiger partial charge >= 0.3 is 0 Å². The Morgan fingerprint density at radius 3 is 2.67 bits per heavy atom. The molecule has 1 saturated heterocycles. The maximum Gasteiger partial charge on any atom is 0.131 e. The summed E-state index contributed by atoms with van der Waals surface area (Å²) in [7, 11) is 1.56. The number of hydrogen-bond acceptors (Lipinski definition) is 3. The number of benzene rings is 1. The van der Waals surface area contributed by atoms with E-state index < -0.39 is 0 Å². The molecule has 2 rings (SSSR count). The number of methoxy groups -OCH3 is 1. The number of hydrogen-bond donors (Lipinski definition) is 1. The third kappa shape index (κ3) is 3.95. The van der Waals surface area contributed by atoms with Gasteiger partial charge in [-0.3, -0.25) is 4.90 Å². The number of halogens is 1. The van der Waals surface area contributed by atoms with Crippen LogP contribution in [0.3, 0.4) is 0 Å². The molecule has 1 aliphatic heterocycles. The quantitative estimate of drug-likeness (QED) is 0.927. The summed E-state index contributed by atoms with van der Waals surface area (Å²) >= 11 is 0. The lowest BCUT2D eigenvalue weighted by Crippen LogP contribution is -2.59. The zero-order chi connectivity index (χ0) is 15.6. The fourth-order valence-corrected chi connectivity index (χ4v) is 3.02. The molecule has 0 radical (unpaired) electrons. The summed E-state index contributed by atoms with van der Waals surface area (Å²) in [5.74, 6) is 0.380. The van der Waals surface area contributed by atoms with Crippen LogP contribution in [-0.4, -0.2) is 37.2 Å². The first-order chi connectivity index (χ1) is 9.81. The van der Waals surface area contributed by atoms with Gasteiger partial charge in [-0.25, -0.2) is 4.39 Å². The van der Waals surface area contributed by atoms with Crippen molar-refractivity contribution in [2.75, 3.05) is 20.2 Å². The second-order valence-electron chi connectivity index (χ2n) is 7.08. The molecule has 4 heteroatoms. The van der Waals surface area contributed by atoms with Gasteiger partial charge in [0.15, 0.2) is 0 Å². The Bertz CT molecular complexity index is 484. The van der Waals surface area contributed by atoms with Crippen LogP contribution in [0.25, 0.3) is 0 Å². The van der Waals surface area contributed by atoms with Crippen LogP contribution in [0.2, 0.25) is 0 Å². The molecule has 1 heterocycles. The monoisotopic (exact) mass is 294 g/mol. The van der Waals surface area contributed by atoms with E-state index in [1.807, 2.05) is 12.1 Å². The molecule has 0 saturated carbocycles. The molecule has 21 heavy (non-hydrogen) atoms. The summed E-state index contributed by atoms with van der Waals surface area (Å²) in [6.07, 6.45) is 0. The van der Waals surface area contributed by atoms with Crippen LogP contribution in [0.4, 0.5) is 4.39 Å². The molecule has 2 unspecified atom stereocenters. The van der Waals surface area contributed by atoms with Crippen molar-refractivity contribution in [2.45, 2.75) is 46.3 Å². The lowest BCUT2D eigenvalue weighted by molar-refractivity contribution is 0.0517. The van der Waals surface area contributed by atoms with Crippen LogP contribution in [0.15, 0.2) is 18.2 Å². The van der Waals surface area contributed by atoms with Crippen molar-refractivity contribution in [2.24, 2.45) is 5.41 Å². The molecule has 0 spiro atoms. The summed E-state index contributed by atoms with van der Waals surface area (Å²) < 4.78 is 19.3. The second kappa shape index (κ2) is 6.32. The third-order valence-corrected chi connectivity index (χ3v) is 4.24. The highest BCUT2D eigenvalue weighted by Crippen LogP contribution is 2.28. The van der Waals surface area contributed by atoms with Gasteiger partial charge in [0.1, 0.15) is 11.6 Å². The zero-order valence-electron chi connectivity index (χ0n) is 13.7. The van der Waals surface area contributed by atoms with Gasteiger partial charge in [0.05, 0.1) is 7.11 Å². The molecule has 118 valence electrons. The molecule has 1 aromatic rings. The minimum Gasteiger partial charge on any atom is -0.497 e. The molecule has 0 amide bonds. The molecule has 3 nitrogen and oxygen atoms in total. The molecule has 0 aromatic heterocycles. The summed E-state index contributed by atoms with van der Waals surface area (Å²) in [5, 5.41) is 3.53. The van der Waals surface area contributed by atoms with Crippen molar-refractivity contribution in [3.8, 4) is 5.75 Å². The van der Waals surface area contributed by atoms with Gasteiger partial charge in [-0.2, -0.15) is 0 Å². The van der Waals surface area contributed by atoms with Crippen molar-refractivity contribution in [3.63, 3.8) is 0 Å². The molecule has 1 aliphatic rings. The van der Waals surface area contributed by atoms with E-state index in [9.17, 15) is 4.39 Å². The highest BCUT2D eigenvalue weighted by Gasteiger charge is 2.34. The van der Waals surface area contributed by atoms with Crippen LogP contribution in [0.5, 0.6) is 5.75 Å². The Hall–Kier alpha value is -1.13. The van der Waals surface area contributed by atoms with Gasteiger partial charge in [-0.1, -0.05) is 26.8 Å². The fraction of sp³-hybridized carbons (Fsp3) is 0.647. The topological polar surface area (TPSA) is 24.5 Å². The van der Waals surface area contributed by atoms with Crippen LogP contribution in [-0.2, 0) is 6.54 Å². The van der Waals surface area contributed by atoms with Crippen LogP contribution < -0.4 is 10.1 Å². The van der Waals surface area contributed by atoms with Gasteiger partial charge in [0, 0.05) is 43.3 Å². The summed E-state index contributed by atoms with van der Waals surface area (Å²) in [4.78, 5) is 2.39. The molecule has 0 bridgehead atoms. The fourth-order valence-electron chi connectivity index (χ4n) is 3.02. The van der Waals surface area contributed by atoms with Crippen molar-refractivity contribution >= 4 is 0 Å². The first-order valence-corrected chi connectivity index (χ1v) is 7.61. The number of nitrogens with one attached hydrogen (secondary N) is 1. The minimum atomic E-state index is -0.187. The maximum absolute atomic E-state index is 14.2. The van der Waals surface area contributed by atoms with Crippen LogP contribution in [0, 0.1) is 11.2 Å². The SMILES string of the molecule is COc1ccc(CN2CC(C)NCC2C(C)(C)C)c(F)c1. The van der Waals surface area contributed by atoms with E-state index in [1.54, 1.807) is 7.11 Å². The lowest BCUT2D eigenvalue weighted by Gasteiger charge is -2.46. The van der Waals surface area contributed by atoms with Crippen molar-refractivity contribution in [3.05, 3.63) is 29.6 Å². The maximum atomic E-state index is 14.2. The Kier molecular flexibility index (Phi) is 4.89. The van der Waals surface area contributed by atoms with Crippen LogP contribution >= 0.6 is 0 Å². The van der Waals surface area contributed by atoms with E-state index in [0.29, 0.717) is 24.4 Å². The number of piperazine rings is 1. The highest BCUT2D eigenvalue weighted by atomic mass is 19.1. The van der Waals surface area contributed by atoms with Crippen molar-refractivity contribution < 1.29 is 9.13 Å². The van der Waals surface area contributed by atoms with Gasteiger partial charge in [-0.05, 0) is 18.4 Å². The first-order valence-electron chi connectivity index (χ1n) is 7.61. The van der Waals surface area contributed by atoms with E-state index in [1.165, 1.54) is 6.07 Å². The molecule has 0 aliphatic carbocycles. The van der Waals surface area contributed by atoms with Gasteiger partial charge in [0.2, 0.25) is 0 Å². The molecular formula is C17H27FN2O. The molecule has 1 aromatic carbocycles. The standard InChI is InChI=1S/C17H27FN2O/c1-12-10-20(16(9-19-12)17(2,3)4)11-13-6-7-14(21-5)8-15(13)18/h6-8,12,16,19H,9-11H2,1-5H3. The number of ether oxygens (including phenoxy) is 1. The van der Waals surface area contributed by atoms with Gasteiger partial charge in [-0.15, -0.1) is 0 Å². The Balaban J connectivity index is 2.18. The van der Waals surface area contributed by atoms with Crippen molar-refractivity contribution in [1.82, 2.24) is 10.2 Å². The largest absolute Gasteiger partial charge is 0.497 e. The Morgan fingerprint density at radius 1 is 1.38 bits per heavy atom. The van der Waals surface area contributed by atoms with Crippen molar-refractivity contribution in [1.29, 1.82) is 0 Å². The molecular weight excluding hydrogens is 267 g/mol. The molecule has 1 fully saturated rings. The summed E-state index contributed by atoms with van der Waals surface area (Å²) in [6.45, 7) is 11.4. The van der Waals surface area contributed by atoms with Crippen LogP contribution in [0.1, 0.15) is 33.3 Å². The minimum absolute atomic E-state index is 0.163. The second-order valence-corrected chi connectivity index (χ2v) is 7.08. The van der Waals surface area contributed by atoms with E-state index >= 15 is 0 Å². The molecule has 2 atom stereocenters. The highest BCUT2D eigenvalue weighted by molar-refractivity contribution is 5.29. The predicted molar refractivity (Wildman–Crippen MR) is 84.1 cm³/mol.